The highest BCUT2D eigenvalue weighted by molar-refractivity contribution is 7.92. The number of aromatic nitrogens is 1. The molecule has 1 N–H and O–H groups in total. The number of carbonyl (C=O) groups is 1. The number of rotatable bonds is 8. The normalized spacial score (nSPS) is 16.9. The van der Waals surface area contributed by atoms with Gasteiger partial charge >= 0.3 is 0 Å². The lowest BCUT2D eigenvalue weighted by atomic mass is 10.1. The van der Waals surface area contributed by atoms with Gasteiger partial charge in [0.1, 0.15) is 11.9 Å². The minimum atomic E-state index is -3.86. The summed E-state index contributed by atoms with van der Waals surface area (Å²) in [5.41, 5.74) is 1.06. The van der Waals surface area contributed by atoms with Crippen LogP contribution in [0.2, 0.25) is 4.34 Å². The average Bonchev–Trinajstić information content (AvgIpc) is 3.42. The van der Waals surface area contributed by atoms with Crippen molar-refractivity contribution in [2.75, 3.05) is 25.5 Å². The number of carbonyl (C=O) groups excluding carboxylic acids is 1. The van der Waals surface area contributed by atoms with Crippen molar-refractivity contribution in [3.8, 4) is 11.1 Å². The monoisotopic (exact) mass is 566 g/mol. The summed E-state index contributed by atoms with van der Waals surface area (Å²) >= 11 is 7.10. The highest BCUT2D eigenvalue weighted by Gasteiger charge is 2.35. The first kappa shape index (κ1) is 26.5. The van der Waals surface area contributed by atoms with Crippen molar-refractivity contribution in [1.29, 1.82) is 0 Å². The van der Waals surface area contributed by atoms with Crippen LogP contribution in [0.15, 0.2) is 65.0 Å². The maximum Gasteiger partial charge on any atom is 0.246 e. The van der Waals surface area contributed by atoms with Gasteiger partial charge < -0.3 is 0 Å². The van der Waals surface area contributed by atoms with Crippen molar-refractivity contribution < 1.29 is 21.6 Å². The summed E-state index contributed by atoms with van der Waals surface area (Å²) in [6.45, 7) is 0.286. The topological polar surface area (TPSA) is 117 Å². The molecule has 1 atom stereocenters. The van der Waals surface area contributed by atoms with E-state index in [1.54, 1.807) is 42.5 Å². The van der Waals surface area contributed by atoms with Gasteiger partial charge in [-0.2, -0.15) is 4.72 Å². The second-order valence-corrected chi connectivity index (χ2v) is 13.6. The second kappa shape index (κ2) is 10.4. The van der Waals surface area contributed by atoms with E-state index in [0.717, 1.165) is 9.71 Å². The quantitative estimate of drug-likeness (QED) is 0.446. The number of nitrogens with zero attached hydrogens (tertiary/aromatic N) is 3. The number of halogens is 1. The Kier molecular flexibility index (Phi) is 7.64. The van der Waals surface area contributed by atoms with Gasteiger partial charge in [-0.3, -0.25) is 9.69 Å². The molecule has 36 heavy (non-hydrogen) atoms. The fourth-order valence-corrected chi connectivity index (χ4v) is 6.84. The van der Waals surface area contributed by atoms with E-state index in [-0.39, 0.29) is 17.9 Å². The summed E-state index contributed by atoms with van der Waals surface area (Å²) in [4.78, 5) is 19.5. The summed E-state index contributed by atoms with van der Waals surface area (Å²) in [5, 5.41) is 1.01. The molecule has 0 aliphatic carbocycles. The SMILES string of the molecule is CN(C)S(=O)(=O)c1ccccc1-c1ccc(N2CCC(NS(=O)(=O)/C=C/c3ccc(Cl)s3)C2=O)nc1. The Hall–Kier alpha value is -2.61. The number of benzene rings is 1. The molecule has 9 nitrogen and oxygen atoms in total. The molecule has 4 rings (SSSR count). The van der Waals surface area contributed by atoms with Crippen molar-refractivity contribution in [3.63, 3.8) is 0 Å². The molecule has 0 saturated carbocycles. The van der Waals surface area contributed by atoms with Gasteiger partial charge in [0.2, 0.25) is 26.0 Å². The van der Waals surface area contributed by atoms with Crippen LogP contribution < -0.4 is 9.62 Å². The Morgan fingerprint density at radius 3 is 2.50 bits per heavy atom. The van der Waals surface area contributed by atoms with E-state index in [1.807, 2.05) is 0 Å². The van der Waals surface area contributed by atoms with Gasteiger partial charge in [0.25, 0.3) is 0 Å². The van der Waals surface area contributed by atoms with Crippen molar-refractivity contribution in [2.24, 2.45) is 0 Å². The number of hydrogen-bond donors (Lipinski definition) is 1. The highest BCUT2D eigenvalue weighted by Crippen LogP contribution is 2.30. The highest BCUT2D eigenvalue weighted by atomic mass is 35.5. The standard InChI is InChI=1S/C23H23ClN4O5S3/c1-27(2)36(32,33)20-6-4-3-5-18(20)16-7-10-22(25-15-16)28-13-11-19(23(28)29)26-35(30,31)14-12-17-8-9-21(24)34-17/h3-10,12,14-15,19,26H,11,13H2,1-2H3/b14-12+. The number of amides is 1. The Morgan fingerprint density at radius 2 is 1.86 bits per heavy atom. The molecule has 1 aliphatic heterocycles. The largest absolute Gasteiger partial charge is 0.295 e. The first-order chi connectivity index (χ1) is 17.0. The van der Waals surface area contributed by atoms with Gasteiger partial charge in [-0.25, -0.2) is 26.1 Å². The van der Waals surface area contributed by atoms with E-state index in [9.17, 15) is 21.6 Å². The predicted octanol–water partition coefficient (Wildman–Crippen LogP) is 3.41. The fraction of sp³-hybridized carbons (Fsp3) is 0.217. The van der Waals surface area contributed by atoms with Gasteiger partial charge in [0, 0.05) is 48.2 Å². The molecule has 13 heteroatoms. The first-order valence-corrected chi connectivity index (χ1v) is 14.9. The number of sulfonamides is 2. The van der Waals surface area contributed by atoms with Crippen molar-refractivity contribution in [3.05, 3.63) is 69.3 Å². The third kappa shape index (κ3) is 5.69. The molecule has 2 aromatic heterocycles. The maximum absolute atomic E-state index is 12.9. The van der Waals surface area contributed by atoms with E-state index in [2.05, 4.69) is 9.71 Å². The van der Waals surface area contributed by atoms with Crippen molar-refractivity contribution >= 4 is 60.8 Å². The second-order valence-electron chi connectivity index (χ2n) is 8.13. The molecule has 1 saturated heterocycles. The minimum Gasteiger partial charge on any atom is -0.295 e. The van der Waals surface area contributed by atoms with Crippen LogP contribution in [-0.2, 0) is 24.8 Å². The summed E-state index contributed by atoms with van der Waals surface area (Å²) in [5.74, 6) is -0.0656. The number of anilines is 1. The number of nitrogens with one attached hydrogen (secondary N) is 1. The average molecular weight is 567 g/mol. The van der Waals surface area contributed by atoms with E-state index in [1.165, 1.54) is 48.7 Å². The van der Waals surface area contributed by atoms with Gasteiger partial charge in [0.05, 0.1) is 9.23 Å². The Balaban J connectivity index is 1.49. The molecule has 3 heterocycles. The molecule has 1 aliphatic rings. The molecular weight excluding hydrogens is 544 g/mol. The molecule has 1 fully saturated rings. The lowest BCUT2D eigenvalue weighted by Crippen LogP contribution is -2.40. The Labute approximate surface area is 219 Å². The fourth-order valence-electron chi connectivity index (χ4n) is 3.66. The van der Waals surface area contributed by atoms with E-state index < -0.39 is 32.0 Å². The summed E-state index contributed by atoms with van der Waals surface area (Å²) < 4.78 is 54.4. The summed E-state index contributed by atoms with van der Waals surface area (Å²) in [6.07, 6.45) is 3.20. The maximum atomic E-state index is 12.9. The third-order valence-electron chi connectivity index (χ3n) is 5.50. The Morgan fingerprint density at radius 1 is 1.11 bits per heavy atom. The predicted molar refractivity (Wildman–Crippen MR) is 142 cm³/mol. The van der Waals surface area contributed by atoms with Crippen LogP contribution in [0.3, 0.4) is 0 Å². The molecule has 1 aromatic carbocycles. The van der Waals surface area contributed by atoms with Crippen LogP contribution in [0.4, 0.5) is 5.82 Å². The molecular formula is C23H23ClN4O5S3. The lowest BCUT2D eigenvalue weighted by Gasteiger charge is -2.17. The molecule has 3 aromatic rings. The molecule has 1 amide bonds. The number of thiophene rings is 1. The Bertz CT molecular complexity index is 1520. The minimum absolute atomic E-state index is 0.147. The molecule has 1 unspecified atom stereocenters. The van der Waals surface area contributed by atoms with Crippen LogP contribution >= 0.6 is 22.9 Å². The molecule has 0 radical (unpaired) electrons. The van der Waals surface area contributed by atoms with Crippen molar-refractivity contribution in [1.82, 2.24) is 14.0 Å². The zero-order valence-corrected chi connectivity index (χ0v) is 22.5. The van der Waals surface area contributed by atoms with Crippen molar-refractivity contribution in [2.45, 2.75) is 17.4 Å². The number of hydrogen-bond acceptors (Lipinski definition) is 7. The van der Waals surface area contributed by atoms with Crippen LogP contribution in [0, 0.1) is 0 Å². The zero-order valence-electron chi connectivity index (χ0n) is 19.3. The third-order valence-corrected chi connectivity index (χ3v) is 9.68. The molecule has 0 bridgehead atoms. The van der Waals surface area contributed by atoms with E-state index in [4.69, 9.17) is 11.6 Å². The van der Waals surface area contributed by atoms with Gasteiger partial charge in [0.15, 0.2) is 0 Å². The van der Waals surface area contributed by atoms with Crippen LogP contribution in [-0.4, -0.2) is 58.7 Å². The first-order valence-electron chi connectivity index (χ1n) is 10.7. The van der Waals surface area contributed by atoms with E-state index in [0.29, 0.717) is 26.2 Å². The smallest absolute Gasteiger partial charge is 0.246 e. The summed E-state index contributed by atoms with van der Waals surface area (Å²) in [7, 11) is -4.60. The van der Waals surface area contributed by atoms with Gasteiger partial charge in [-0.15, -0.1) is 11.3 Å². The molecule has 0 spiro atoms. The van der Waals surface area contributed by atoms with Crippen LogP contribution in [0.25, 0.3) is 17.2 Å². The van der Waals surface area contributed by atoms with Gasteiger partial charge in [-0.1, -0.05) is 29.8 Å². The van der Waals surface area contributed by atoms with Gasteiger partial charge in [-0.05, 0) is 42.8 Å². The zero-order chi connectivity index (χ0) is 26.1. The van der Waals surface area contributed by atoms with E-state index >= 15 is 0 Å². The number of pyridine rings is 1. The van der Waals surface area contributed by atoms with Crippen LogP contribution in [0.5, 0.6) is 0 Å². The summed E-state index contributed by atoms with van der Waals surface area (Å²) in [6, 6.07) is 12.4. The van der Waals surface area contributed by atoms with Crippen LogP contribution in [0.1, 0.15) is 11.3 Å². The lowest BCUT2D eigenvalue weighted by molar-refractivity contribution is -0.118. The molecule has 190 valence electrons.